The second-order valence-electron chi connectivity index (χ2n) is 14.9. The van der Waals surface area contributed by atoms with E-state index in [1.807, 2.05) is 12.2 Å². The van der Waals surface area contributed by atoms with Crippen LogP contribution in [0, 0.1) is 0 Å². The van der Waals surface area contributed by atoms with Crippen LogP contribution in [-0.4, -0.2) is 0 Å². The summed E-state index contributed by atoms with van der Waals surface area (Å²) in [7, 11) is 0. The summed E-state index contributed by atoms with van der Waals surface area (Å²) in [4.78, 5) is 4.79. The minimum absolute atomic E-state index is 0.703. The Hall–Kier alpha value is -7.36. The lowest BCUT2D eigenvalue weighted by atomic mass is 9.66. The van der Waals surface area contributed by atoms with Crippen LogP contribution in [-0.2, 0) is 5.41 Å². The van der Waals surface area contributed by atoms with Gasteiger partial charge in [-0.2, -0.15) is 0 Å². The predicted molar refractivity (Wildman–Crippen MR) is 243 cm³/mol. The Labute approximate surface area is 340 Å². The fourth-order valence-corrected chi connectivity index (χ4v) is 9.26. The zero-order valence-electron chi connectivity index (χ0n) is 32.4. The highest BCUT2D eigenvalue weighted by atomic mass is 16.5. The topological polar surface area (TPSA) is 15.7 Å². The quantitative estimate of drug-likeness (QED) is 0.144. The van der Waals surface area contributed by atoms with E-state index >= 15 is 0 Å². The molecule has 0 unspecified atom stereocenters. The van der Waals surface area contributed by atoms with Crippen molar-refractivity contribution in [2.45, 2.75) is 18.8 Å². The number of ether oxygens (including phenoxy) is 1. The van der Waals surface area contributed by atoms with Gasteiger partial charge in [-0.15, -0.1) is 0 Å². The van der Waals surface area contributed by atoms with Crippen molar-refractivity contribution in [1.29, 1.82) is 0 Å². The summed E-state index contributed by atoms with van der Waals surface area (Å²) in [5.41, 5.74) is 13.1. The van der Waals surface area contributed by atoms with Crippen LogP contribution in [0.2, 0.25) is 0 Å². The number of benzene rings is 7. The van der Waals surface area contributed by atoms with E-state index in [0.29, 0.717) is 0 Å². The summed E-state index contributed by atoms with van der Waals surface area (Å²) in [5, 5.41) is 2.39. The van der Waals surface area contributed by atoms with Gasteiger partial charge in [0.1, 0.15) is 11.5 Å². The second kappa shape index (κ2) is 14.6. The van der Waals surface area contributed by atoms with Crippen LogP contribution in [0.1, 0.15) is 35.6 Å². The van der Waals surface area contributed by atoms with Crippen LogP contribution < -0.4 is 14.5 Å². The van der Waals surface area contributed by atoms with Crippen molar-refractivity contribution in [3.63, 3.8) is 0 Å². The maximum absolute atomic E-state index is 6.81. The molecule has 0 radical (unpaired) electrons. The van der Waals surface area contributed by atoms with E-state index in [1.165, 1.54) is 33.0 Å². The molecule has 10 rings (SSSR count). The molecule has 278 valence electrons. The first-order valence-corrected chi connectivity index (χ1v) is 20.0. The summed E-state index contributed by atoms with van der Waals surface area (Å²) in [6.45, 7) is 6.12. The molecule has 7 aromatic rings. The minimum atomic E-state index is -0.703. The summed E-state index contributed by atoms with van der Waals surface area (Å²) in [5.74, 6) is 1.73. The first-order chi connectivity index (χ1) is 28.7. The first kappa shape index (κ1) is 35.1. The molecule has 1 aliphatic heterocycles. The molecule has 7 aromatic carbocycles. The lowest BCUT2D eigenvalue weighted by molar-refractivity contribution is 0.436. The molecule has 3 nitrogen and oxygen atoms in total. The predicted octanol–water partition coefficient (Wildman–Crippen LogP) is 14.6. The van der Waals surface area contributed by atoms with Crippen molar-refractivity contribution >= 4 is 33.5 Å². The summed E-state index contributed by atoms with van der Waals surface area (Å²) in [6, 6.07) is 57.1. The largest absolute Gasteiger partial charge is 0.457 e. The van der Waals surface area contributed by atoms with Crippen LogP contribution >= 0.6 is 0 Å². The van der Waals surface area contributed by atoms with Gasteiger partial charge in [0.05, 0.1) is 11.1 Å². The summed E-state index contributed by atoms with van der Waals surface area (Å²) >= 11 is 0. The molecule has 0 N–H and O–H groups in total. The highest BCUT2D eigenvalue weighted by molar-refractivity contribution is 6.10. The maximum atomic E-state index is 6.81. The van der Waals surface area contributed by atoms with E-state index in [-0.39, 0.29) is 0 Å². The standard InChI is InChI=1S/C55H42N2O/c1-3-4-9-22-39(2)56(40-23-10-5-6-11-24-40)51-38-50-54(45-30-17-16-29-44(45)51)46-36-35-43(57(41-25-12-7-13-26-41)42-27-14-8-15-28-42)37-49(46)55(50)47-31-18-20-33-52(47)58-53-34-21-19-32-48(53)55/h3-10,12-38H,1,11H2,2H3/b9-4-,39-22+. The molecule has 3 heteroatoms. The van der Waals surface area contributed by atoms with Gasteiger partial charge in [-0.3, -0.25) is 0 Å². The molecule has 0 aromatic heterocycles. The van der Waals surface area contributed by atoms with Crippen LogP contribution in [0.25, 0.3) is 21.9 Å². The average molecular weight is 747 g/mol. The molecular formula is C55H42N2O. The molecular weight excluding hydrogens is 705 g/mol. The van der Waals surface area contributed by atoms with Crippen LogP contribution in [0.3, 0.4) is 0 Å². The van der Waals surface area contributed by atoms with Gasteiger partial charge in [0.15, 0.2) is 0 Å². The Bertz CT molecular complexity index is 2790. The molecule has 2 aliphatic carbocycles. The molecule has 1 heterocycles. The van der Waals surface area contributed by atoms with Gasteiger partial charge in [0, 0.05) is 45.0 Å². The van der Waals surface area contributed by atoms with Gasteiger partial charge in [-0.05, 0) is 108 Å². The zero-order valence-corrected chi connectivity index (χ0v) is 32.4. The number of rotatable bonds is 8. The smallest absolute Gasteiger partial charge is 0.132 e. The number of fused-ring (bicyclic) bond motifs is 11. The fourth-order valence-electron chi connectivity index (χ4n) is 9.26. The zero-order chi connectivity index (χ0) is 39.1. The van der Waals surface area contributed by atoms with Gasteiger partial charge in [0.2, 0.25) is 0 Å². The van der Waals surface area contributed by atoms with E-state index in [9.17, 15) is 0 Å². The van der Waals surface area contributed by atoms with Crippen LogP contribution in [0.5, 0.6) is 11.5 Å². The van der Waals surface area contributed by atoms with Gasteiger partial charge in [0.25, 0.3) is 0 Å². The lowest BCUT2D eigenvalue weighted by Gasteiger charge is -2.40. The van der Waals surface area contributed by atoms with E-state index in [2.05, 4.69) is 224 Å². The Kier molecular flexibility index (Phi) is 8.84. The maximum Gasteiger partial charge on any atom is 0.132 e. The average Bonchev–Trinajstić information content (AvgIpc) is 3.37. The Balaban J connectivity index is 1.33. The monoisotopic (exact) mass is 746 g/mol. The molecule has 0 amide bonds. The number of hydrogen-bond acceptors (Lipinski definition) is 3. The van der Waals surface area contributed by atoms with E-state index in [4.69, 9.17) is 4.74 Å². The van der Waals surface area contributed by atoms with E-state index in [0.717, 1.165) is 63.2 Å². The minimum Gasteiger partial charge on any atom is -0.457 e. The molecule has 0 bridgehead atoms. The van der Waals surface area contributed by atoms with Gasteiger partial charge >= 0.3 is 0 Å². The second-order valence-corrected chi connectivity index (χ2v) is 14.9. The number of nitrogens with zero attached hydrogens (tertiary/aromatic N) is 2. The summed E-state index contributed by atoms with van der Waals surface area (Å²) in [6.07, 6.45) is 19.9. The third-order valence-corrected chi connectivity index (χ3v) is 11.6. The van der Waals surface area contributed by atoms with Crippen molar-refractivity contribution in [2.75, 3.05) is 9.80 Å². The lowest BCUT2D eigenvalue weighted by Crippen LogP contribution is -2.32. The third kappa shape index (κ3) is 5.58. The third-order valence-electron chi connectivity index (χ3n) is 11.6. The van der Waals surface area contributed by atoms with Crippen LogP contribution in [0.15, 0.2) is 230 Å². The fraction of sp³-hybridized carbons (Fsp3) is 0.0545. The van der Waals surface area contributed by atoms with Gasteiger partial charge in [-0.1, -0.05) is 152 Å². The molecule has 3 aliphatic rings. The SMILES string of the molecule is C=C/C=C\C=C(/C)N(C1=CCC=CC=C1)c1cc2c(c3ccccc13)-c1ccc(N(c3ccccc3)c3ccccc3)cc1C21c2ccccc2Oc2ccccc21. The highest BCUT2D eigenvalue weighted by Crippen LogP contribution is 2.64. The Morgan fingerprint density at radius 1 is 0.621 bits per heavy atom. The van der Waals surface area contributed by atoms with Crippen molar-refractivity contribution in [3.05, 3.63) is 253 Å². The van der Waals surface area contributed by atoms with Gasteiger partial charge in [-0.25, -0.2) is 0 Å². The summed E-state index contributed by atoms with van der Waals surface area (Å²) < 4.78 is 6.81. The van der Waals surface area contributed by atoms with E-state index in [1.54, 1.807) is 0 Å². The van der Waals surface area contributed by atoms with Crippen molar-refractivity contribution < 1.29 is 4.74 Å². The molecule has 58 heavy (non-hydrogen) atoms. The molecule has 0 saturated heterocycles. The normalized spacial score (nSPS) is 14.6. The highest BCUT2D eigenvalue weighted by Gasteiger charge is 2.52. The number of hydrogen-bond donors (Lipinski definition) is 0. The Morgan fingerprint density at radius 3 is 1.95 bits per heavy atom. The molecule has 1 spiro atoms. The number of anilines is 4. The van der Waals surface area contributed by atoms with Crippen molar-refractivity contribution in [3.8, 4) is 22.6 Å². The number of allylic oxidation sites excluding steroid dienone is 10. The van der Waals surface area contributed by atoms with Crippen molar-refractivity contribution in [2.24, 2.45) is 0 Å². The van der Waals surface area contributed by atoms with Crippen molar-refractivity contribution in [1.82, 2.24) is 0 Å². The molecule has 0 atom stereocenters. The number of para-hydroxylation sites is 4. The van der Waals surface area contributed by atoms with E-state index < -0.39 is 5.41 Å². The van der Waals surface area contributed by atoms with Gasteiger partial charge < -0.3 is 14.5 Å². The van der Waals surface area contributed by atoms with Crippen LogP contribution in [0.4, 0.5) is 22.7 Å². The molecule has 0 saturated carbocycles. The first-order valence-electron chi connectivity index (χ1n) is 20.0. The molecule has 0 fully saturated rings. The Morgan fingerprint density at radius 2 is 1.26 bits per heavy atom.